The third kappa shape index (κ3) is 3.17. The van der Waals surface area contributed by atoms with E-state index >= 15 is 0 Å². The van der Waals surface area contributed by atoms with Crippen LogP contribution in [-0.2, 0) is 11.2 Å². The van der Waals surface area contributed by atoms with Gasteiger partial charge in [0.05, 0.1) is 0 Å². The molecule has 0 fully saturated rings. The number of carbonyl (C=O) groups is 1. The van der Waals surface area contributed by atoms with Crippen molar-refractivity contribution in [2.24, 2.45) is 5.73 Å². The summed E-state index contributed by atoms with van der Waals surface area (Å²) >= 11 is 1.74. The first-order valence-corrected chi connectivity index (χ1v) is 6.55. The molecule has 0 saturated heterocycles. The van der Waals surface area contributed by atoms with Crippen LogP contribution in [0.25, 0.3) is 11.1 Å². The predicted octanol–water partition coefficient (Wildman–Crippen LogP) is 3.22. The number of nitrogens with two attached hydrogens (primary N) is 1. The Morgan fingerprint density at radius 3 is 2.65 bits per heavy atom. The van der Waals surface area contributed by atoms with Crippen LogP contribution in [0.15, 0.2) is 41.8 Å². The Kier molecular flexibility index (Phi) is 3.94. The highest BCUT2D eigenvalue weighted by atomic mass is 32.1. The SMILES string of the molecule is NC(=O)CCCc1sccc1-c1ccccc1. The van der Waals surface area contributed by atoms with Gasteiger partial charge in [0.2, 0.25) is 5.91 Å². The van der Waals surface area contributed by atoms with Gasteiger partial charge < -0.3 is 5.73 Å². The number of hydrogen-bond donors (Lipinski definition) is 1. The fraction of sp³-hybridized carbons (Fsp3) is 0.214. The second-order valence-electron chi connectivity index (χ2n) is 3.94. The van der Waals surface area contributed by atoms with E-state index in [1.807, 2.05) is 18.2 Å². The Labute approximate surface area is 105 Å². The topological polar surface area (TPSA) is 43.1 Å². The van der Waals surface area contributed by atoms with E-state index < -0.39 is 0 Å². The van der Waals surface area contributed by atoms with Crippen LogP contribution in [0.5, 0.6) is 0 Å². The molecule has 0 unspecified atom stereocenters. The number of aryl methyl sites for hydroxylation is 1. The maximum atomic E-state index is 10.7. The Balaban J connectivity index is 2.10. The van der Waals surface area contributed by atoms with Crippen molar-refractivity contribution in [2.75, 3.05) is 0 Å². The molecule has 3 heteroatoms. The molecule has 0 spiro atoms. The maximum Gasteiger partial charge on any atom is 0.217 e. The lowest BCUT2D eigenvalue weighted by molar-refractivity contribution is -0.118. The molecule has 1 aromatic heterocycles. The molecule has 2 nitrogen and oxygen atoms in total. The fourth-order valence-electron chi connectivity index (χ4n) is 1.83. The molecule has 1 aromatic carbocycles. The fourth-order valence-corrected chi connectivity index (χ4v) is 2.78. The molecule has 0 aliphatic heterocycles. The summed E-state index contributed by atoms with van der Waals surface area (Å²) in [5.74, 6) is -0.220. The summed E-state index contributed by atoms with van der Waals surface area (Å²) in [5, 5.41) is 2.10. The Hall–Kier alpha value is -1.61. The van der Waals surface area contributed by atoms with Gasteiger partial charge in [-0.05, 0) is 35.4 Å². The lowest BCUT2D eigenvalue weighted by atomic mass is 10.0. The van der Waals surface area contributed by atoms with Gasteiger partial charge in [-0.3, -0.25) is 4.79 Å². The summed E-state index contributed by atoms with van der Waals surface area (Å²) in [5.41, 5.74) is 7.66. The number of hydrogen-bond acceptors (Lipinski definition) is 2. The molecule has 0 saturated carbocycles. The molecule has 0 aliphatic carbocycles. The minimum absolute atomic E-state index is 0.220. The predicted molar refractivity (Wildman–Crippen MR) is 71.9 cm³/mol. The van der Waals surface area contributed by atoms with E-state index in [0.717, 1.165) is 12.8 Å². The molecule has 0 aliphatic rings. The van der Waals surface area contributed by atoms with Crippen LogP contribution in [0.3, 0.4) is 0 Å². The first-order chi connectivity index (χ1) is 8.27. The highest BCUT2D eigenvalue weighted by molar-refractivity contribution is 7.10. The lowest BCUT2D eigenvalue weighted by Crippen LogP contribution is -2.10. The van der Waals surface area contributed by atoms with Crippen LogP contribution in [0.2, 0.25) is 0 Å². The molecule has 2 aromatic rings. The van der Waals surface area contributed by atoms with Crippen LogP contribution in [-0.4, -0.2) is 5.91 Å². The Bertz CT molecular complexity index is 490. The third-order valence-corrected chi connectivity index (χ3v) is 3.64. The summed E-state index contributed by atoms with van der Waals surface area (Å²) in [6, 6.07) is 12.5. The van der Waals surface area contributed by atoms with Crippen molar-refractivity contribution in [2.45, 2.75) is 19.3 Å². The Morgan fingerprint density at radius 2 is 1.94 bits per heavy atom. The van der Waals surface area contributed by atoms with Gasteiger partial charge in [0.1, 0.15) is 0 Å². The van der Waals surface area contributed by atoms with Crippen LogP contribution in [0.1, 0.15) is 17.7 Å². The van der Waals surface area contributed by atoms with Gasteiger partial charge in [-0.25, -0.2) is 0 Å². The van der Waals surface area contributed by atoms with Crippen molar-refractivity contribution in [1.82, 2.24) is 0 Å². The zero-order chi connectivity index (χ0) is 12.1. The molecular formula is C14H15NOS. The van der Waals surface area contributed by atoms with Gasteiger partial charge in [0.15, 0.2) is 0 Å². The second-order valence-corrected chi connectivity index (χ2v) is 4.94. The molecule has 0 radical (unpaired) electrons. The van der Waals surface area contributed by atoms with Gasteiger partial charge in [-0.2, -0.15) is 0 Å². The largest absolute Gasteiger partial charge is 0.370 e. The number of amides is 1. The summed E-state index contributed by atoms with van der Waals surface area (Å²) in [6.45, 7) is 0. The monoisotopic (exact) mass is 245 g/mol. The van der Waals surface area contributed by atoms with Crippen molar-refractivity contribution in [3.63, 3.8) is 0 Å². The molecule has 0 atom stereocenters. The van der Waals surface area contributed by atoms with Crippen LogP contribution in [0, 0.1) is 0 Å². The average molecular weight is 245 g/mol. The summed E-state index contributed by atoms with van der Waals surface area (Å²) in [7, 11) is 0. The molecule has 2 N–H and O–H groups in total. The van der Waals surface area contributed by atoms with E-state index in [-0.39, 0.29) is 5.91 Å². The minimum Gasteiger partial charge on any atom is -0.370 e. The van der Waals surface area contributed by atoms with Gasteiger partial charge in [-0.15, -0.1) is 11.3 Å². The third-order valence-electron chi connectivity index (χ3n) is 2.66. The second kappa shape index (κ2) is 5.64. The number of carbonyl (C=O) groups excluding carboxylic acids is 1. The van der Waals surface area contributed by atoms with Crippen LogP contribution in [0.4, 0.5) is 0 Å². The van der Waals surface area contributed by atoms with Crippen molar-refractivity contribution in [3.05, 3.63) is 46.7 Å². The lowest BCUT2D eigenvalue weighted by Gasteiger charge is -2.03. The summed E-state index contributed by atoms with van der Waals surface area (Å²) in [6.07, 6.45) is 2.21. The zero-order valence-corrected chi connectivity index (χ0v) is 10.4. The standard InChI is InChI=1S/C14H15NOS/c15-14(16)8-4-7-13-12(9-10-17-13)11-5-2-1-3-6-11/h1-3,5-6,9-10H,4,7-8H2,(H2,15,16). The average Bonchev–Trinajstić information content (AvgIpc) is 2.78. The van der Waals surface area contributed by atoms with Crippen molar-refractivity contribution >= 4 is 17.2 Å². The van der Waals surface area contributed by atoms with E-state index in [1.54, 1.807) is 11.3 Å². The molecule has 88 valence electrons. The van der Waals surface area contributed by atoms with Gasteiger partial charge in [0.25, 0.3) is 0 Å². The maximum absolute atomic E-state index is 10.7. The highest BCUT2D eigenvalue weighted by Gasteiger charge is 2.06. The zero-order valence-electron chi connectivity index (χ0n) is 9.56. The minimum atomic E-state index is -0.220. The molecule has 17 heavy (non-hydrogen) atoms. The van der Waals surface area contributed by atoms with E-state index in [4.69, 9.17) is 5.73 Å². The molecule has 1 heterocycles. The number of thiophene rings is 1. The van der Waals surface area contributed by atoms with Crippen molar-refractivity contribution in [1.29, 1.82) is 0 Å². The van der Waals surface area contributed by atoms with Gasteiger partial charge in [-0.1, -0.05) is 30.3 Å². The molecule has 0 bridgehead atoms. The number of rotatable bonds is 5. The quantitative estimate of drug-likeness (QED) is 0.863. The first kappa shape index (κ1) is 11.9. The molecule has 2 rings (SSSR count). The summed E-state index contributed by atoms with van der Waals surface area (Å²) < 4.78 is 0. The Morgan fingerprint density at radius 1 is 1.18 bits per heavy atom. The van der Waals surface area contributed by atoms with Gasteiger partial charge in [0, 0.05) is 11.3 Å². The van der Waals surface area contributed by atoms with E-state index in [0.29, 0.717) is 6.42 Å². The number of primary amides is 1. The van der Waals surface area contributed by atoms with E-state index in [2.05, 4.69) is 23.6 Å². The van der Waals surface area contributed by atoms with E-state index in [1.165, 1.54) is 16.0 Å². The summed E-state index contributed by atoms with van der Waals surface area (Å²) in [4.78, 5) is 12.0. The smallest absolute Gasteiger partial charge is 0.217 e. The first-order valence-electron chi connectivity index (χ1n) is 5.67. The molecular weight excluding hydrogens is 230 g/mol. The van der Waals surface area contributed by atoms with E-state index in [9.17, 15) is 4.79 Å². The van der Waals surface area contributed by atoms with Crippen molar-refractivity contribution < 1.29 is 4.79 Å². The van der Waals surface area contributed by atoms with Gasteiger partial charge >= 0.3 is 0 Å². The normalized spacial score (nSPS) is 10.4. The van der Waals surface area contributed by atoms with Crippen LogP contribution >= 0.6 is 11.3 Å². The highest BCUT2D eigenvalue weighted by Crippen LogP contribution is 2.29. The molecule has 1 amide bonds. The van der Waals surface area contributed by atoms with Crippen molar-refractivity contribution in [3.8, 4) is 11.1 Å². The number of benzene rings is 1. The van der Waals surface area contributed by atoms with Crippen LogP contribution < -0.4 is 5.73 Å².